The molecule has 27 heavy (non-hydrogen) atoms. The number of halogens is 1. The predicted octanol–water partition coefficient (Wildman–Crippen LogP) is 1.85. The fraction of sp³-hybridized carbons (Fsp3) is 0.0526. The standard InChI is InChI=1S/C19H13FN4O3/c20-16-7-2-1-5-13(16)11-24-18(26)15(10-22-19(24)27)17(25)23-14-6-3-4-12(8-14)9-21/h1-8,10H,11H2,(H,22,27)(H,23,25). The number of hydrogen-bond donors (Lipinski definition) is 2. The van der Waals surface area contributed by atoms with Gasteiger partial charge in [-0.25, -0.2) is 9.18 Å². The zero-order valence-electron chi connectivity index (χ0n) is 13.9. The lowest BCUT2D eigenvalue weighted by Gasteiger charge is -2.09. The average molecular weight is 364 g/mol. The number of carbonyl (C=O) groups is 1. The van der Waals surface area contributed by atoms with Crippen molar-refractivity contribution < 1.29 is 9.18 Å². The molecular weight excluding hydrogens is 351 g/mol. The molecule has 0 bridgehead atoms. The maximum atomic E-state index is 13.8. The molecule has 0 spiro atoms. The molecule has 0 aliphatic heterocycles. The third-order valence-electron chi connectivity index (χ3n) is 3.84. The number of nitrogens with one attached hydrogen (secondary N) is 2. The van der Waals surface area contributed by atoms with Gasteiger partial charge >= 0.3 is 5.69 Å². The highest BCUT2D eigenvalue weighted by Gasteiger charge is 2.16. The van der Waals surface area contributed by atoms with Gasteiger partial charge < -0.3 is 10.3 Å². The van der Waals surface area contributed by atoms with Gasteiger partial charge in [0.1, 0.15) is 11.4 Å². The molecular formula is C19H13FN4O3. The van der Waals surface area contributed by atoms with E-state index in [-0.39, 0.29) is 17.7 Å². The number of carbonyl (C=O) groups excluding carboxylic acids is 1. The lowest BCUT2D eigenvalue weighted by Crippen LogP contribution is -2.39. The number of aromatic amines is 1. The summed E-state index contributed by atoms with van der Waals surface area (Å²) in [5.41, 5.74) is -1.11. The molecule has 0 fully saturated rings. The Morgan fingerprint density at radius 1 is 1.19 bits per heavy atom. The van der Waals surface area contributed by atoms with Crippen molar-refractivity contribution in [2.75, 3.05) is 5.32 Å². The average Bonchev–Trinajstić information content (AvgIpc) is 2.66. The van der Waals surface area contributed by atoms with Crippen molar-refractivity contribution in [3.8, 4) is 6.07 Å². The second-order valence-electron chi connectivity index (χ2n) is 5.64. The number of nitriles is 1. The minimum atomic E-state index is -0.851. The van der Waals surface area contributed by atoms with Crippen molar-refractivity contribution >= 4 is 11.6 Å². The van der Waals surface area contributed by atoms with Gasteiger partial charge in [0.05, 0.1) is 18.2 Å². The monoisotopic (exact) mass is 364 g/mol. The van der Waals surface area contributed by atoms with Crippen LogP contribution in [0.3, 0.4) is 0 Å². The maximum absolute atomic E-state index is 13.8. The van der Waals surface area contributed by atoms with Gasteiger partial charge in [-0.3, -0.25) is 14.2 Å². The smallest absolute Gasteiger partial charge is 0.322 e. The lowest BCUT2D eigenvalue weighted by atomic mass is 10.2. The van der Waals surface area contributed by atoms with Crippen LogP contribution in [0.2, 0.25) is 0 Å². The van der Waals surface area contributed by atoms with Gasteiger partial charge in [-0.1, -0.05) is 24.3 Å². The molecule has 1 amide bonds. The Morgan fingerprint density at radius 2 is 1.96 bits per heavy atom. The number of hydrogen-bond acceptors (Lipinski definition) is 4. The summed E-state index contributed by atoms with van der Waals surface area (Å²) in [6, 6.07) is 13.8. The highest BCUT2D eigenvalue weighted by atomic mass is 19.1. The first-order valence-corrected chi connectivity index (χ1v) is 7.87. The van der Waals surface area contributed by atoms with Gasteiger partial charge in [0, 0.05) is 17.4 Å². The molecule has 2 N–H and O–H groups in total. The zero-order valence-corrected chi connectivity index (χ0v) is 13.9. The number of nitrogens with zero attached hydrogens (tertiary/aromatic N) is 2. The molecule has 0 aliphatic rings. The van der Waals surface area contributed by atoms with Crippen LogP contribution in [0.25, 0.3) is 0 Å². The molecule has 0 atom stereocenters. The van der Waals surface area contributed by atoms with Crippen LogP contribution in [-0.4, -0.2) is 15.5 Å². The van der Waals surface area contributed by atoms with E-state index in [1.54, 1.807) is 24.3 Å². The quantitative estimate of drug-likeness (QED) is 0.736. The van der Waals surface area contributed by atoms with Gasteiger partial charge in [0.15, 0.2) is 0 Å². The third kappa shape index (κ3) is 3.82. The summed E-state index contributed by atoms with van der Waals surface area (Å²) < 4.78 is 14.6. The molecule has 0 saturated carbocycles. The van der Waals surface area contributed by atoms with E-state index in [0.717, 1.165) is 10.8 Å². The van der Waals surface area contributed by atoms with Gasteiger partial charge in [0.25, 0.3) is 11.5 Å². The lowest BCUT2D eigenvalue weighted by molar-refractivity contribution is 0.102. The highest BCUT2D eigenvalue weighted by molar-refractivity contribution is 6.03. The number of amides is 1. The highest BCUT2D eigenvalue weighted by Crippen LogP contribution is 2.11. The van der Waals surface area contributed by atoms with Crippen molar-refractivity contribution in [2.24, 2.45) is 0 Å². The second kappa shape index (κ2) is 7.49. The molecule has 0 saturated heterocycles. The van der Waals surface area contributed by atoms with Crippen molar-refractivity contribution in [1.29, 1.82) is 5.26 Å². The summed E-state index contributed by atoms with van der Waals surface area (Å²) in [5.74, 6) is -1.32. The molecule has 134 valence electrons. The van der Waals surface area contributed by atoms with E-state index in [1.807, 2.05) is 6.07 Å². The molecule has 7 nitrogen and oxygen atoms in total. The summed E-state index contributed by atoms with van der Waals surface area (Å²) in [5, 5.41) is 11.4. The van der Waals surface area contributed by atoms with Crippen LogP contribution in [0.1, 0.15) is 21.5 Å². The Balaban J connectivity index is 1.94. The summed E-state index contributed by atoms with van der Waals surface area (Å²) >= 11 is 0. The van der Waals surface area contributed by atoms with E-state index in [0.29, 0.717) is 11.3 Å². The maximum Gasteiger partial charge on any atom is 0.328 e. The number of H-pyrrole nitrogens is 1. The fourth-order valence-corrected chi connectivity index (χ4v) is 2.48. The van der Waals surface area contributed by atoms with E-state index in [1.165, 1.54) is 24.3 Å². The van der Waals surface area contributed by atoms with E-state index in [4.69, 9.17) is 5.26 Å². The molecule has 1 aromatic heterocycles. The molecule has 8 heteroatoms. The molecule has 3 aromatic rings. The SMILES string of the molecule is N#Cc1cccc(NC(=O)c2c[nH]c(=O)n(Cc3ccccc3F)c2=O)c1. The van der Waals surface area contributed by atoms with E-state index in [2.05, 4.69) is 10.3 Å². The van der Waals surface area contributed by atoms with Crippen molar-refractivity contribution in [3.05, 3.63) is 98.1 Å². The van der Waals surface area contributed by atoms with Crippen LogP contribution in [-0.2, 0) is 6.54 Å². The Hall–Kier alpha value is -3.99. The van der Waals surface area contributed by atoms with Crippen molar-refractivity contribution in [3.63, 3.8) is 0 Å². The summed E-state index contributed by atoms with van der Waals surface area (Å²) in [4.78, 5) is 39.3. The van der Waals surface area contributed by atoms with Crippen LogP contribution < -0.4 is 16.6 Å². The second-order valence-corrected chi connectivity index (χ2v) is 5.64. The number of rotatable bonds is 4. The van der Waals surface area contributed by atoms with Gasteiger partial charge in [-0.05, 0) is 24.3 Å². The first-order chi connectivity index (χ1) is 13.0. The van der Waals surface area contributed by atoms with E-state index >= 15 is 0 Å². The van der Waals surface area contributed by atoms with Crippen LogP contribution in [0.5, 0.6) is 0 Å². The third-order valence-corrected chi connectivity index (χ3v) is 3.84. The Kier molecular flexibility index (Phi) is 4.95. The minimum Gasteiger partial charge on any atom is -0.322 e. The Morgan fingerprint density at radius 3 is 2.70 bits per heavy atom. The Labute approximate surface area is 152 Å². The molecule has 0 radical (unpaired) electrons. The van der Waals surface area contributed by atoms with Gasteiger partial charge in [-0.2, -0.15) is 5.26 Å². The van der Waals surface area contributed by atoms with E-state index < -0.39 is 23.0 Å². The zero-order chi connectivity index (χ0) is 19.4. The Bertz CT molecular complexity index is 1170. The number of anilines is 1. The summed E-state index contributed by atoms with van der Waals surface area (Å²) in [6.45, 7) is -0.314. The van der Waals surface area contributed by atoms with Crippen LogP contribution in [0.4, 0.5) is 10.1 Å². The molecule has 0 unspecified atom stereocenters. The van der Waals surface area contributed by atoms with Gasteiger partial charge in [-0.15, -0.1) is 0 Å². The fourth-order valence-electron chi connectivity index (χ4n) is 2.48. The van der Waals surface area contributed by atoms with Crippen LogP contribution in [0.15, 0.2) is 64.3 Å². The molecule has 0 aliphatic carbocycles. The van der Waals surface area contributed by atoms with Crippen molar-refractivity contribution in [2.45, 2.75) is 6.54 Å². The first kappa shape index (κ1) is 17.8. The van der Waals surface area contributed by atoms with Crippen LogP contribution >= 0.6 is 0 Å². The minimum absolute atomic E-state index is 0.143. The molecule has 3 rings (SSSR count). The number of benzene rings is 2. The topological polar surface area (TPSA) is 108 Å². The largest absolute Gasteiger partial charge is 0.328 e. The first-order valence-electron chi connectivity index (χ1n) is 7.87. The van der Waals surface area contributed by atoms with Crippen LogP contribution in [0, 0.1) is 17.1 Å². The van der Waals surface area contributed by atoms with Gasteiger partial charge in [0.2, 0.25) is 0 Å². The normalized spacial score (nSPS) is 10.2. The molecule has 2 aromatic carbocycles. The molecule has 1 heterocycles. The summed E-state index contributed by atoms with van der Waals surface area (Å²) in [6.07, 6.45) is 1.01. The predicted molar refractivity (Wildman–Crippen MR) is 95.9 cm³/mol. The number of aromatic nitrogens is 2. The van der Waals surface area contributed by atoms with E-state index in [9.17, 15) is 18.8 Å². The van der Waals surface area contributed by atoms with Crippen molar-refractivity contribution in [1.82, 2.24) is 9.55 Å². The summed E-state index contributed by atoms with van der Waals surface area (Å²) in [7, 11) is 0.